The molecule has 0 radical (unpaired) electrons. The first-order valence-corrected chi connectivity index (χ1v) is 11.1. The number of carbonyl (C=O) groups excluding carboxylic acids is 1. The Balaban J connectivity index is 1.59. The maximum absolute atomic E-state index is 12.0. The Morgan fingerprint density at radius 2 is 1.87 bits per heavy atom. The molecule has 160 valence electrons. The zero-order valence-corrected chi connectivity index (χ0v) is 19.9. The second-order valence-electron chi connectivity index (χ2n) is 6.69. The molecule has 5 nitrogen and oxygen atoms in total. The van der Waals surface area contributed by atoms with Crippen molar-refractivity contribution in [3.8, 4) is 11.5 Å². The lowest BCUT2D eigenvalue weighted by Crippen LogP contribution is -2.17. The third-order valence-corrected chi connectivity index (χ3v) is 5.64. The van der Waals surface area contributed by atoms with Crippen LogP contribution in [0.3, 0.4) is 0 Å². The van der Waals surface area contributed by atoms with Crippen molar-refractivity contribution in [1.29, 1.82) is 0 Å². The number of nitrogens with one attached hydrogen (secondary N) is 1. The van der Waals surface area contributed by atoms with E-state index in [1.165, 1.54) is 0 Å². The fourth-order valence-electron chi connectivity index (χ4n) is 2.86. The van der Waals surface area contributed by atoms with Crippen LogP contribution in [-0.4, -0.2) is 19.2 Å². The van der Waals surface area contributed by atoms with Gasteiger partial charge in [-0.3, -0.25) is 4.79 Å². The maximum atomic E-state index is 12.0. The molecule has 0 unspecified atom stereocenters. The lowest BCUT2D eigenvalue weighted by Gasteiger charge is -2.14. The molecular formula is C24H22ClIN2O3. The molecule has 3 aromatic rings. The number of carbonyl (C=O) groups is 1. The predicted molar refractivity (Wildman–Crippen MR) is 132 cm³/mol. The molecule has 3 aromatic carbocycles. The minimum atomic E-state index is -0.138. The molecule has 1 amide bonds. The normalized spacial score (nSPS) is 10.8. The topological polar surface area (TPSA) is 59.9 Å². The van der Waals surface area contributed by atoms with Crippen molar-refractivity contribution < 1.29 is 14.3 Å². The van der Waals surface area contributed by atoms with Crippen molar-refractivity contribution in [2.75, 3.05) is 7.11 Å². The summed E-state index contributed by atoms with van der Waals surface area (Å²) in [6.45, 7) is 0.330. The van der Waals surface area contributed by atoms with Crippen molar-refractivity contribution in [1.82, 2.24) is 5.43 Å². The number of halogens is 2. The number of methoxy groups -OCH3 is 1. The average Bonchev–Trinajstić information content (AvgIpc) is 2.78. The molecular weight excluding hydrogens is 527 g/mol. The van der Waals surface area contributed by atoms with E-state index in [0.717, 1.165) is 20.3 Å². The summed E-state index contributed by atoms with van der Waals surface area (Å²) in [6, 6.07) is 21.1. The quantitative estimate of drug-likeness (QED) is 0.215. The summed E-state index contributed by atoms with van der Waals surface area (Å²) in [5.74, 6) is 1.07. The van der Waals surface area contributed by atoms with E-state index in [4.69, 9.17) is 21.1 Å². The van der Waals surface area contributed by atoms with Crippen molar-refractivity contribution in [2.45, 2.75) is 19.4 Å². The molecule has 0 aliphatic carbocycles. The van der Waals surface area contributed by atoms with Gasteiger partial charge in [0.25, 0.3) is 0 Å². The van der Waals surface area contributed by atoms with Crippen LogP contribution in [-0.2, 0) is 17.8 Å². The molecule has 0 spiro atoms. The van der Waals surface area contributed by atoms with Gasteiger partial charge >= 0.3 is 0 Å². The van der Waals surface area contributed by atoms with Gasteiger partial charge in [0.15, 0.2) is 11.5 Å². The lowest BCUT2D eigenvalue weighted by atomic mass is 10.1. The van der Waals surface area contributed by atoms with Crippen LogP contribution in [0.2, 0.25) is 5.02 Å². The van der Waals surface area contributed by atoms with E-state index in [9.17, 15) is 4.79 Å². The molecule has 1 N–H and O–H groups in total. The monoisotopic (exact) mass is 548 g/mol. The van der Waals surface area contributed by atoms with Crippen LogP contribution in [0, 0.1) is 3.57 Å². The maximum Gasteiger partial charge on any atom is 0.240 e. The van der Waals surface area contributed by atoms with Crippen molar-refractivity contribution in [2.24, 2.45) is 5.10 Å². The highest BCUT2D eigenvalue weighted by atomic mass is 127. The Morgan fingerprint density at radius 1 is 1.13 bits per heavy atom. The minimum absolute atomic E-state index is 0.138. The van der Waals surface area contributed by atoms with Gasteiger partial charge in [0, 0.05) is 17.0 Å². The van der Waals surface area contributed by atoms with Gasteiger partial charge in [0.1, 0.15) is 6.61 Å². The summed E-state index contributed by atoms with van der Waals surface area (Å²) in [4.78, 5) is 12.0. The number of benzene rings is 3. The van der Waals surface area contributed by atoms with Gasteiger partial charge in [-0.2, -0.15) is 5.10 Å². The highest BCUT2D eigenvalue weighted by molar-refractivity contribution is 14.1. The zero-order valence-electron chi connectivity index (χ0n) is 17.0. The van der Waals surface area contributed by atoms with Gasteiger partial charge in [-0.25, -0.2) is 5.43 Å². The first kappa shape index (κ1) is 23.1. The molecule has 0 fully saturated rings. The van der Waals surface area contributed by atoms with E-state index < -0.39 is 0 Å². The second-order valence-corrected chi connectivity index (χ2v) is 8.26. The van der Waals surface area contributed by atoms with Crippen LogP contribution in [0.15, 0.2) is 71.8 Å². The summed E-state index contributed by atoms with van der Waals surface area (Å²) in [6.07, 6.45) is 2.63. The molecule has 0 saturated carbocycles. The standard InChI is InChI=1S/C24H22ClIN2O3/c1-30-22-14-18(15-27-28-23(29)12-11-17-7-3-2-4-8-17)13-21(26)24(22)31-16-19-9-5-6-10-20(19)25/h2-10,13-15H,11-12,16H2,1H3,(H,28,29)/b27-15-. The lowest BCUT2D eigenvalue weighted by molar-refractivity contribution is -0.121. The number of amides is 1. The van der Waals surface area contributed by atoms with E-state index in [0.29, 0.717) is 36.0 Å². The Kier molecular flexibility index (Phi) is 8.73. The van der Waals surface area contributed by atoms with Crippen LogP contribution in [0.1, 0.15) is 23.1 Å². The zero-order chi connectivity index (χ0) is 22.1. The van der Waals surface area contributed by atoms with Gasteiger partial charge < -0.3 is 9.47 Å². The van der Waals surface area contributed by atoms with E-state index in [1.807, 2.05) is 66.7 Å². The number of ether oxygens (including phenoxy) is 2. The van der Waals surface area contributed by atoms with E-state index >= 15 is 0 Å². The molecule has 0 heterocycles. The highest BCUT2D eigenvalue weighted by Crippen LogP contribution is 2.34. The molecule has 0 aliphatic heterocycles. The molecule has 7 heteroatoms. The summed E-state index contributed by atoms with van der Waals surface area (Å²) < 4.78 is 12.3. The molecule has 0 bridgehead atoms. The fraction of sp³-hybridized carbons (Fsp3) is 0.167. The van der Waals surface area contributed by atoms with Crippen molar-refractivity contribution in [3.05, 3.63) is 92.0 Å². The number of hydrazone groups is 1. The largest absolute Gasteiger partial charge is 0.493 e. The third kappa shape index (κ3) is 6.97. The van der Waals surface area contributed by atoms with E-state index in [-0.39, 0.29) is 5.91 Å². The number of hydrogen-bond acceptors (Lipinski definition) is 4. The predicted octanol–water partition coefficient (Wildman–Crippen LogP) is 5.62. The van der Waals surface area contributed by atoms with Gasteiger partial charge in [0.05, 0.1) is 16.9 Å². The molecule has 0 aliphatic rings. The Hall–Kier alpha value is -2.58. The molecule has 31 heavy (non-hydrogen) atoms. The van der Waals surface area contributed by atoms with Crippen LogP contribution in [0.4, 0.5) is 0 Å². The number of aryl methyl sites for hydroxylation is 1. The van der Waals surface area contributed by atoms with Gasteiger partial charge in [-0.15, -0.1) is 0 Å². The second kappa shape index (κ2) is 11.7. The van der Waals surface area contributed by atoms with Crippen LogP contribution < -0.4 is 14.9 Å². The highest BCUT2D eigenvalue weighted by Gasteiger charge is 2.12. The first-order chi connectivity index (χ1) is 15.1. The Morgan fingerprint density at radius 3 is 2.61 bits per heavy atom. The van der Waals surface area contributed by atoms with E-state index in [2.05, 4.69) is 33.1 Å². The van der Waals surface area contributed by atoms with Crippen LogP contribution >= 0.6 is 34.2 Å². The SMILES string of the molecule is COc1cc(/C=N\NC(=O)CCc2ccccc2)cc(I)c1OCc1ccccc1Cl. The third-order valence-electron chi connectivity index (χ3n) is 4.47. The van der Waals surface area contributed by atoms with Gasteiger partial charge in [-0.1, -0.05) is 60.1 Å². The summed E-state index contributed by atoms with van der Waals surface area (Å²) >= 11 is 8.39. The first-order valence-electron chi connectivity index (χ1n) is 9.66. The summed E-state index contributed by atoms with van der Waals surface area (Å²) in [5.41, 5.74) is 5.37. The van der Waals surface area contributed by atoms with E-state index in [1.54, 1.807) is 13.3 Å². The number of nitrogens with zero attached hydrogens (tertiary/aromatic N) is 1. The molecule has 0 saturated heterocycles. The summed E-state index contributed by atoms with van der Waals surface area (Å²) in [7, 11) is 1.58. The van der Waals surface area contributed by atoms with Crippen LogP contribution in [0.25, 0.3) is 0 Å². The van der Waals surface area contributed by atoms with Crippen LogP contribution in [0.5, 0.6) is 11.5 Å². The number of hydrogen-bond donors (Lipinski definition) is 1. The van der Waals surface area contributed by atoms with Gasteiger partial charge in [0.2, 0.25) is 5.91 Å². The van der Waals surface area contributed by atoms with Crippen molar-refractivity contribution in [3.63, 3.8) is 0 Å². The molecule has 3 rings (SSSR count). The van der Waals surface area contributed by atoms with Gasteiger partial charge in [-0.05, 0) is 58.3 Å². The van der Waals surface area contributed by atoms with Crippen molar-refractivity contribution >= 4 is 46.3 Å². The minimum Gasteiger partial charge on any atom is -0.493 e. The number of rotatable bonds is 9. The Bertz CT molecular complexity index is 1060. The summed E-state index contributed by atoms with van der Waals surface area (Å²) in [5, 5.41) is 4.72. The fourth-order valence-corrected chi connectivity index (χ4v) is 3.83. The molecule has 0 atom stereocenters. The average molecular weight is 549 g/mol. The smallest absolute Gasteiger partial charge is 0.240 e. The molecule has 0 aromatic heterocycles. The Labute approximate surface area is 200 Å².